The largest absolute Gasteiger partial charge is 0.453 e. The summed E-state index contributed by atoms with van der Waals surface area (Å²) < 4.78 is 38.2. The van der Waals surface area contributed by atoms with Crippen LogP contribution in [-0.4, -0.2) is 26.5 Å². The number of alkyl halides is 3. The number of amides is 1. The van der Waals surface area contributed by atoms with Crippen LogP contribution < -0.4 is 11.2 Å². The second-order valence-corrected chi connectivity index (χ2v) is 7.25. The fraction of sp³-hybridized carbons (Fsp3) is 0.400. The van der Waals surface area contributed by atoms with Crippen LogP contribution in [0.15, 0.2) is 29.4 Å². The fourth-order valence-corrected chi connectivity index (χ4v) is 2.79. The average molecular weight is 373 g/mol. The van der Waals surface area contributed by atoms with Crippen LogP contribution in [0.25, 0.3) is 0 Å². The molecule has 0 unspecified atom stereocenters. The molecule has 0 bridgehead atoms. The van der Waals surface area contributed by atoms with Crippen molar-refractivity contribution >= 4 is 23.4 Å². The van der Waals surface area contributed by atoms with Gasteiger partial charge in [0.1, 0.15) is 0 Å². The number of aromatic nitrogens is 3. The standard InChI is InChI=1S/C15H18F3N5OS/c1-14(2,3)9-6-4-5-7-10(9)20-11(24)8-25-13-22-21-12(23(13)19)15(16,17)18/h4-7H,8,19H2,1-3H3,(H,20,24). The molecule has 10 heteroatoms. The lowest BCUT2D eigenvalue weighted by Gasteiger charge is -2.22. The molecular formula is C15H18F3N5OS. The number of carbonyl (C=O) groups is 1. The third-order valence-electron chi connectivity index (χ3n) is 3.26. The van der Waals surface area contributed by atoms with Gasteiger partial charge in [-0.05, 0) is 17.0 Å². The van der Waals surface area contributed by atoms with Crippen LogP contribution >= 0.6 is 11.8 Å². The molecule has 1 amide bonds. The van der Waals surface area contributed by atoms with E-state index >= 15 is 0 Å². The number of para-hydroxylation sites is 1. The summed E-state index contributed by atoms with van der Waals surface area (Å²) in [5, 5.41) is 8.95. The van der Waals surface area contributed by atoms with Crippen molar-refractivity contribution in [2.75, 3.05) is 16.9 Å². The van der Waals surface area contributed by atoms with E-state index in [1.165, 1.54) is 0 Å². The van der Waals surface area contributed by atoms with Crippen molar-refractivity contribution in [1.29, 1.82) is 0 Å². The van der Waals surface area contributed by atoms with E-state index in [2.05, 4.69) is 15.5 Å². The molecule has 1 heterocycles. The molecule has 1 aromatic carbocycles. The zero-order chi connectivity index (χ0) is 18.8. The number of benzene rings is 1. The van der Waals surface area contributed by atoms with Gasteiger partial charge in [0.25, 0.3) is 5.82 Å². The quantitative estimate of drug-likeness (QED) is 0.636. The molecule has 1 aromatic heterocycles. The van der Waals surface area contributed by atoms with Crippen molar-refractivity contribution in [2.24, 2.45) is 0 Å². The Labute approximate surface area is 147 Å². The number of hydrogen-bond acceptors (Lipinski definition) is 5. The minimum atomic E-state index is -4.70. The van der Waals surface area contributed by atoms with Gasteiger partial charge in [0.2, 0.25) is 11.1 Å². The van der Waals surface area contributed by atoms with Crippen molar-refractivity contribution in [3.63, 3.8) is 0 Å². The third-order valence-corrected chi connectivity index (χ3v) is 4.20. The zero-order valence-electron chi connectivity index (χ0n) is 13.9. The Hall–Kier alpha value is -2.23. The molecule has 0 aliphatic carbocycles. The predicted molar refractivity (Wildman–Crippen MR) is 89.7 cm³/mol. The van der Waals surface area contributed by atoms with Gasteiger partial charge in [-0.15, -0.1) is 10.2 Å². The molecule has 3 N–H and O–H groups in total. The highest BCUT2D eigenvalue weighted by atomic mass is 32.2. The number of nitrogens with one attached hydrogen (secondary N) is 1. The number of nitrogen functional groups attached to an aromatic ring is 1. The molecule has 0 aliphatic heterocycles. The van der Waals surface area contributed by atoms with Crippen LogP contribution in [-0.2, 0) is 16.4 Å². The maximum atomic E-state index is 12.6. The number of hydrogen-bond donors (Lipinski definition) is 2. The van der Waals surface area contributed by atoms with Crippen molar-refractivity contribution in [1.82, 2.24) is 14.9 Å². The number of thioether (sulfide) groups is 1. The van der Waals surface area contributed by atoms with Crippen molar-refractivity contribution in [2.45, 2.75) is 37.5 Å². The van der Waals surface area contributed by atoms with Gasteiger partial charge in [-0.2, -0.15) is 13.2 Å². The molecule has 0 saturated heterocycles. The molecule has 0 saturated carbocycles. The first kappa shape index (κ1) is 19.1. The summed E-state index contributed by atoms with van der Waals surface area (Å²) in [6.07, 6.45) is -4.70. The van der Waals surface area contributed by atoms with E-state index in [9.17, 15) is 18.0 Å². The van der Waals surface area contributed by atoms with Crippen LogP contribution in [0.2, 0.25) is 0 Å². The topological polar surface area (TPSA) is 85.8 Å². The lowest BCUT2D eigenvalue weighted by atomic mass is 9.86. The molecule has 6 nitrogen and oxygen atoms in total. The van der Waals surface area contributed by atoms with Crippen LogP contribution in [0.1, 0.15) is 32.2 Å². The Kier molecular flexibility index (Phi) is 5.31. The van der Waals surface area contributed by atoms with E-state index in [0.29, 0.717) is 10.4 Å². The van der Waals surface area contributed by atoms with Gasteiger partial charge in [0, 0.05) is 5.69 Å². The summed E-state index contributed by atoms with van der Waals surface area (Å²) in [6, 6.07) is 7.36. The fourth-order valence-electron chi connectivity index (χ4n) is 2.13. The van der Waals surface area contributed by atoms with Gasteiger partial charge in [0.15, 0.2) is 0 Å². The molecule has 0 spiro atoms. The Morgan fingerprint density at radius 3 is 2.44 bits per heavy atom. The number of nitrogens with two attached hydrogens (primary N) is 1. The average Bonchev–Trinajstić information content (AvgIpc) is 2.85. The van der Waals surface area contributed by atoms with Crippen molar-refractivity contribution in [3.05, 3.63) is 35.7 Å². The minimum Gasteiger partial charge on any atom is -0.335 e. The van der Waals surface area contributed by atoms with Gasteiger partial charge >= 0.3 is 6.18 Å². The molecule has 0 fully saturated rings. The van der Waals surface area contributed by atoms with Gasteiger partial charge in [0.05, 0.1) is 5.75 Å². The van der Waals surface area contributed by atoms with Crippen LogP contribution in [0.3, 0.4) is 0 Å². The first-order chi connectivity index (χ1) is 11.5. The smallest absolute Gasteiger partial charge is 0.335 e. The van der Waals surface area contributed by atoms with Gasteiger partial charge in [-0.1, -0.05) is 50.7 Å². The van der Waals surface area contributed by atoms with E-state index in [-0.39, 0.29) is 22.2 Å². The Balaban J connectivity index is 2.05. The predicted octanol–water partition coefficient (Wildman–Crippen LogP) is 3.04. The van der Waals surface area contributed by atoms with E-state index in [0.717, 1.165) is 17.3 Å². The summed E-state index contributed by atoms with van der Waals surface area (Å²) in [7, 11) is 0. The van der Waals surface area contributed by atoms with Crippen LogP contribution in [0, 0.1) is 0 Å². The Bertz CT molecular complexity index is 767. The summed E-state index contributed by atoms with van der Waals surface area (Å²) in [5.41, 5.74) is 1.44. The Morgan fingerprint density at radius 1 is 1.24 bits per heavy atom. The number of nitrogens with zero attached hydrogens (tertiary/aromatic N) is 3. The highest BCUT2D eigenvalue weighted by Crippen LogP contribution is 2.30. The second-order valence-electron chi connectivity index (χ2n) is 6.31. The lowest BCUT2D eigenvalue weighted by molar-refractivity contribution is -0.146. The summed E-state index contributed by atoms with van der Waals surface area (Å²) >= 11 is 0.777. The molecule has 25 heavy (non-hydrogen) atoms. The second kappa shape index (κ2) is 6.95. The zero-order valence-corrected chi connectivity index (χ0v) is 14.7. The van der Waals surface area contributed by atoms with Crippen LogP contribution in [0.4, 0.5) is 18.9 Å². The maximum absolute atomic E-state index is 12.6. The summed E-state index contributed by atoms with van der Waals surface area (Å²) in [6.45, 7) is 6.05. The van der Waals surface area contributed by atoms with Crippen molar-refractivity contribution < 1.29 is 18.0 Å². The van der Waals surface area contributed by atoms with Crippen molar-refractivity contribution in [3.8, 4) is 0 Å². The molecule has 0 aliphatic rings. The van der Waals surface area contributed by atoms with Gasteiger partial charge < -0.3 is 11.2 Å². The first-order valence-corrected chi connectivity index (χ1v) is 8.28. The maximum Gasteiger partial charge on any atom is 0.453 e. The number of halogens is 3. The molecule has 136 valence electrons. The SMILES string of the molecule is CC(C)(C)c1ccccc1NC(=O)CSc1nnc(C(F)(F)F)n1N. The van der Waals surface area contributed by atoms with Gasteiger partial charge in [-0.25, -0.2) is 4.68 Å². The normalized spacial score (nSPS) is 12.2. The molecule has 2 aromatic rings. The molecular weight excluding hydrogens is 355 g/mol. The molecule has 2 rings (SSSR count). The van der Waals surface area contributed by atoms with E-state index in [4.69, 9.17) is 5.84 Å². The van der Waals surface area contributed by atoms with E-state index in [1.807, 2.05) is 32.9 Å². The Morgan fingerprint density at radius 2 is 1.88 bits per heavy atom. The number of anilines is 1. The highest BCUT2D eigenvalue weighted by molar-refractivity contribution is 7.99. The van der Waals surface area contributed by atoms with Crippen LogP contribution in [0.5, 0.6) is 0 Å². The monoisotopic (exact) mass is 373 g/mol. The van der Waals surface area contributed by atoms with E-state index in [1.54, 1.807) is 12.1 Å². The number of carbonyl (C=O) groups excluding carboxylic acids is 1. The highest BCUT2D eigenvalue weighted by Gasteiger charge is 2.38. The summed E-state index contributed by atoms with van der Waals surface area (Å²) in [5.74, 6) is 3.49. The minimum absolute atomic E-state index is 0.147. The lowest BCUT2D eigenvalue weighted by Crippen LogP contribution is -2.22. The summed E-state index contributed by atoms with van der Waals surface area (Å²) in [4.78, 5) is 12.1. The number of rotatable bonds is 4. The molecule has 0 atom stereocenters. The van der Waals surface area contributed by atoms with E-state index < -0.39 is 12.0 Å². The third kappa shape index (κ3) is 4.65. The molecule has 0 radical (unpaired) electrons. The first-order valence-electron chi connectivity index (χ1n) is 7.30. The van der Waals surface area contributed by atoms with Gasteiger partial charge in [-0.3, -0.25) is 4.79 Å².